The molecule has 2 fully saturated rings. The van der Waals surface area contributed by atoms with Crippen LogP contribution in [0.3, 0.4) is 0 Å². The maximum Gasteiger partial charge on any atom is 0.319 e. The summed E-state index contributed by atoms with van der Waals surface area (Å²) in [5, 5.41) is 10.9. The Morgan fingerprint density at radius 1 is 1.14 bits per heavy atom. The van der Waals surface area contributed by atoms with Crippen LogP contribution in [-0.4, -0.2) is 77.6 Å². The molecule has 0 atom stereocenters. The topological polar surface area (TPSA) is 64.1 Å². The van der Waals surface area contributed by atoms with Crippen LogP contribution in [0.25, 0.3) is 0 Å². The van der Waals surface area contributed by atoms with E-state index in [4.69, 9.17) is 0 Å². The first kappa shape index (κ1) is 20.6. The fourth-order valence-electron chi connectivity index (χ4n) is 4.21. The molecule has 3 rings (SSSR count). The van der Waals surface area contributed by atoms with E-state index in [1.54, 1.807) is 30.0 Å². The summed E-state index contributed by atoms with van der Waals surface area (Å²) >= 11 is 0. The van der Waals surface area contributed by atoms with E-state index in [0.29, 0.717) is 58.3 Å². The molecule has 3 amide bonds. The van der Waals surface area contributed by atoms with Crippen molar-refractivity contribution in [3.63, 3.8) is 0 Å². The fourth-order valence-corrected chi connectivity index (χ4v) is 4.21. The lowest BCUT2D eigenvalue weighted by atomic mass is 9.84. The number of hydrogen-bond acceptors (Lipinski definition) is 3. The van der Waals surface area contributed by atoms with Gasteiger partial charge in [-0.1, -0.05) is 12.1 Å². The van der Waals surface area contributed by atoms with Crippen molar-refractivity contribution >= 4 is 11.9 Å². The number of aliphatic hydroxyl groups is 1. The number of piperidine rings is 2. The zero-order valence-corrected chi connectivity index (χ0v) is 16.7. The lowest BCUT2D eigenvalue weighted by Crippen LogP contribution is -2.51. The Balaban J connectivity index is 1.49. The van der Waals surface area contributed by atoms with E-state index in [1.165, 1.54) is 12.1 Å². The van der Waals surface area contributed by atoms with Gasteiger partial charge in [-0.25, -0.2) is 9.18 Å². The van der Waals surface area contributed by atoms with Crippen LogP contribution < -0.4 is 0 Å². The molecular weight excluding hydrogens is 361 g/mol. The number of hydrogen-bond donors (Lipinski definition) is 1. The summed E-state index contributed by atoms with van der Waals surface area (Å²) < 4.78 is 13.4. The summed E-state index contributed by atoms with van der Waals surface area (Å²) in [7, 11) is 3.47. The standard InChI is InChI=1S/C21H30FN3O3/c1-23(2)20(27)25-10-6-17(7-11-25)19(26)24-12-8-21(28,9-13-24)15-16-4-3-5-18(22)14-16/h3-5,14,17,28H,6-13,15H2,1-2H3. The summed E-state index contributed by atoms with van der Waals surface area (Å²) in [6, 6.07) is 6.32. The fraction of sp³-hybridized carbons (Fsp3) is 0.619. The van der Waals surface area contributed by atoms with Gasteiger partial charge in [0.25, 0.3) is 0 Å². The highest BCUT2D eigenvalue weighted by molar-refractivity contribution is 5.80. The number of likely N-dealkylation sites (tertiary alicyclic amines) is 2. The Labute approximate surface area is 165 Å². The van der Waals surface area contributed by atoms with Gasteiger partial charge in [0.15, 0.2) is 0 Å². The maximum absolute atomic E-state index is 13.4. The van der Waals surface area contributed by atoms with E-state index in [2.05, 4.69) is 0 Å². The third-order valence-electron chi connectivity index (χ3n) is 5.93. The molecule has 1 N–H and O–H groups in total. The van der Waals surface area contributed by atoms with Crippen LogP contribution in [0.1, 0.15) is 31.2 Å². The van der Waals surface area contributed by atoms with Gasteiger partial charge in [0, 0.05) is 52.6 Å². The Bertz CT molecular complexity index is 709. The zero-order chi connectivity index (χ0) is 20.3. The number of halogens is 1. The predicted molar refractivity (Wildman–Crippen MR) is 104 cm³/mol. The van der Waals surface area contributed by atoms with Crippen LogP contribution in [0.5, 0.6) is 0 Å². The van der Waals surface area contributed by atoms with Crippen molar-refractivity contribution in [2.45, 2.75) is 37.7 Å². The van der Waals surface area contributed by atoms with E-state index in [0.717, 1.165) is 5.56 Å². The van der Waals surface area contributed by atoms with Gasteiger partial charge < -0.3 is 19.8 Å². The molecule has 0 saturated carbocycles. The molecule has 154 valence electrons. The average molecular weight is 391 g/mol. The molecule has 2 aliphatic rings. The zero-order valence-electron chi connectivity index (χ0n) is 16.7. The molecule has 6 nitrogen and oxygen atoms in total. The highest BCUT2D eigenvalue weighted by atomic mass is 19.1. The van der Waals surface area contributed by atoms with Crippen LogP contribution in [0.4, 0.5) is 9.18 Å². The molecule has 2 aliphatic heterocycles. The summed E-state index contributed by atoms with van der Waals surface area (Å²) in [5.41, 5.74) is -0.119. The quantitative estimate of drug-likeness (QED) is 0.858. The van der Waals surface area contributed by atoms with Gasteiger partial charge in [-0.2, -0.15) is 0 Å². The lowest BCUT2D eigenvalue weighted by Gasteiger charge is -2.41. The highest BCUT2D eigenvalue weighted by Crippen LogP contribution is 2.29. The van der Waals surface area contributed by atoms with E-state index in [1.807, 2.05) is 11.0 Å². The van der Waals surface area contributed by atoms with Crippen LogP contribution >= 0.6 is 0 Å². The molecule has 0 aliphatic carbocycles. The summed E-state index contributed by atoms with van der Waals surface area (Å²) in [5.74, 6) is -0.224. The summed E-state index contributed by atoms with van der Waals surface area (Å²) in [6.45, 7) is 2.23. The average Bonchev–Trinajstić information content (AvgIpc) is 2.67. The van der Waals surface area contributed by atoms with Crippen LogP contribution in [-0.2, 0) is 11.2 Å². The second kappa shape index (κ2) is 8.47. The van der Waals surface area contributed by atoms with Gasteiger partial charge in [-0.3, -0.25) is 4.79 Å². The summed E-state index contributed by atoms with van der Waals surface area (Å²) in [6.07, 6.45) is 2.75. The number of amides is 3. The van der Waals surface area contributed by atoms with Gasteiger partial charge >= 0.3 is 6.03 Å². The number of nitrogens with zero attached hydrogens (tertiary/aromatic N) is 3. The van der Waals surface area contributed by atoms with Crippen molar-refractivity contribution < 1.29 is 19.1 Å². The molecule has 0 aromatic heterocycles. The minimum atomic E-state index is -0.897. The smallest absolute Gasteiger partial charge is 0.319 e. The normalized spacial score (nSPS) is 20.1. The second-order valence-corrected chi connectivity index (χ2v) is 8.29. The predicted octanol–water partition coefficient (Wildman–Crippen LogP) is 2.12. The third kappa shape index (κ3) is 4.82. The first-order chi connectivity index (χ1) is 13.3. The number of carbonyl (C=O) groups is 2. The lowest BCUT2D eigenvalue weighted by molar-refractivity contribution is -0.141. The van der Waals surface area contributed by atoms with E-state index in [-0.39, 0.29) is 23.7 Å². The minimum Gasteiger partial charge on any atom is -0.389 e. The van der Waals surface area contributed by atoms with Gasteiger partial charge in [-0.05, 0) is 43.4 Å². The summed E-state index contributed by atoms with van der Waals surface area (Å²) in [4.78, 5) is 30.1. The molecule has 28 heavy (non-hydrogen) atoms. The van der Waals surface area contributed by atoms with Crippen LogP contribution in [0.15, 0.2) is 24.3 Å². The Hall–Kier alpha value is -2.15. The molecule has 2 heterocycles. The molecule has 1 aromatic rings. The number of carbonyl (C=O) groups excluding carboxylic acids is 2. The Morgan fingerprint density at radius 3 is 2.36 bits per heavy atom. The molecule has 0 spiro atoms. The molecule has 2 saturated heterocycles. The molecule has 7 heteroatoms. The van der Waals surface area contributed by atoms with Crippen molar-refractivity contribution in [3.05, 3.63) is 35.6 Å². The third-order valence-corrected chi connectivity index (χ3v) is 5.93. The molecule has 1 aromatic carbocycles. The molecule has 0 unspecified atom stereocenters. The number of rotatable bonds is 3. The molecule has 0 bridgehead atoms. The van der Waals surface area contributed by atoms with Gasteiger partial charge in [0.2, 0.25) is 5.91 Å². The van der Waals surface area contributed by atoms with Crippen molar-refractivity contribution in [2.75, 3.05) is 40.3 Å². The minimum absolute atomic E-state index is 0.00807. The largest absolute Gasteiger partial charge is 0.389 e. The SMILES string of the molecule is CN(C)C(=O)N1CCC(C(=O)N2CCC(O)(Cc3cccc(F)c3)CC2)CC1. The van der Waals surface area contributed by atoms with E-state index < -0.39 is 5.60 Å². The molecular formula is C21H30FN3O3. The van der Waals surface area contributed by atoms with Crippen molar-refractivity contribution in [1.82, 2.24) is 14.7 Å². The first-order valence-electron chi connectivity index (χ1n) is 9.99. The monoisotopic (exact) mass is 391 g/mol. The Morgan fingerprint density at radius 2 is 1.79 bits per heavy atom. The highest BCUT2D eigenvalue weighted by Gasteiger charge is 2.37. The van der Waals surface area contributed by atoms with E-state index in [9.17, 15) is 19.1 Å². The maximum atomic E-state index is 13.4. The van der Waals surface area contributed by atoms with Gasteiger partial charge in [-0.15, -0.1) is 0 Å². The molecule has 0 radical (unpaired) electrons. The second-order valence-electron chi connectivity index (χ2n) is 8.29. The Kier molecular flexibility index (Phi) is 6.23. The van der Waals surface area contributed by atoms with Crippen LogP contribution in [0, 0.1) is 11.7 Å². The van der Waals surface area contributed by atoms with Gasteiger partial charge in [0.05, 0.1) is 5.60 Å². The van der Waals surface area contributed by atoms with Crippen molar-refractivity contribution in [3.8, 4) is 0 Å². The number of urea groups is 1. The van der Waals surface area contributed by atoms with Crippen LogP contribution in [0.2, 0.25) is 0 Å². The first-order valence-corrected chi connectivity index (χ1v) is 9.99. The van der Waals surface area contributed by atoms with Crippen molar-refractivity contribution in [1.29, 1.82) is 0 Å². The van der Waals surface area contributed by atoms with Gasteiger partial charge in [0.1, 0.15) is 5.82 Å². The number of benzene rings is 1. The van der Waals surface area contributed by atoms with E-state index >= 15 is 0 Å². The van der Waals surface area contributed by atoms with Crippen molar-refractivity contribution in [2.24, 2.45) is 5.92 Å².